The predicted octanol–water partition coefficient (Wildman–Crippen LogP) is 3.05. The highest BCUT2D eigenvalue weighted by Crippen LogP contribution is 2.27. The molecule has 3 aromatic rings. The van der Waals surface area contributed by atoms with E-state index in [-0.39, 0.29) is 18.0 Å². The highest BCUT2D eigenvalue weighted by Gasteiger charge is 2.14. The van der Waals surface area contributed by atoms with Crippen molar-refractivity contribution in [2.24, 2.45) is 0 Å². The third-order valence-electron chi connectivity index (χ3n) is 4.29. The summed E-state index contributed by atoms with van der Waals surface area (Å²) < 4.78 is 5.25. The minimum atomic E-state index is -0.217. The number of likely N-dealkylation sites (N-methyl/N-ethyl adjacent to an activating group) is 1. The molecule has 1 heterocycles. The largest absolute Gasteiger partial charge is 0.495 e. The van der Waals surface area contributed by atoms with Crippen molar-refractivity contribution in [2.45, 2.75) is 13.5 Å². The Morgan fingerprint density at radius 3 is 2.82 bits per heavy atom. The van der Waals surface area contributed by atoms with Gasteiger partial charge in [-0.1, -0.05) is 30.7 Å². The van der Waals surface area contributed by atoms with Crippen LogP contribution < -0.4 is 15.6 Å². The van der Waals surface area contributed by atoms with Gasteiger partial charge < -0.3 is 15.0 Å². The quantitative estimate of drug-likeness (QED) is 0.636. The van der Waals surface area contributed by atoms with Crippen LogP contribution in [-0.4, -0.2) is 41.0 Å². The third-order valence-corrected chi connectivity index (χ3v) is 4.52. The Labute approximate surface area is 167 Å². The molecule has 0 aliphatic heterocycles. The minimum absolute atomic E-state index is 0.128. The second-order valence-electron chi connectivity index (χ2n) is 6.23. The number of benzene rings is 2. The molecule has 0 saturated carbocycles. The number of amides is 1. The lowest BCUT2D eigenvalue weighted by atomic mass is 10.2. The number of H-pyrrole nitrogens is 1. The van der Waals surface area contributed by atoms with Gasteiger partial charge in [-0.2, -0.15) is 0 Å². The number of nitrogens with one attached hydrogen (secondary N) is 2. The summed E-state index contributed by atoms with van der Waals surface area (Å²) in [6.07, 6.45) is 0. The normalized spacial score (nSPS) is 11.0. The van der Waals surface area contributed by atoms with Gasteiger partial charge in [-0.25, -0.2) is 4.98 Å². The van der Waals surface area contributed by atoms with E-state index in [1.165, 1.54) is 7.11 Å². The van der Waals surface area contributed by atoms with Crippen LogP contribution >= 0.6 is 11.6 Å². The Hall–Kier alpha value is -2.90. The van der Waals surface area contributed by atoms with Crippen molar-refractivity contribution in [3.05, 3.63) is 63.7 Å². The SMILES string of the molecule is CCN(CC(=O)Nc1cc(Cl)ccc1OC)Cc1nc2ccccc2c(=O)[nH]1. The molecule has 8 heteroatoms. The van der Waals surface area contributed by atoms with E-state index in [0.29, 0.717) is 46.3 Å². The van der Waals surface area contributed by atoms with Gasteiger partial charge in [0.2, 0.25) is 5.91 Å². The monoisotopic (exact) mass is 400 g/mol. The van der Waals surface area contributed by atoms with Gasteiger partial charge in [-0.15, -0.1) is 0 Å². The molecule has 1 amide bonds. The predicted molar refractivity (Wildman–Crippen MR) is 110 cm³/mol. The molecule has 2 aromatic carbocycles. The van der Waals surface area contributed by atoms with Crippen LogP contribution in [0.15, 0.2) is 47.3 Å². The van der Waals surface area contributed by atoms with Crippen LogP contribution in [0.3, 0.4) is 0 Å². The summed E-state index contributed by atoms with van der Waals surface area (Å²) in [5.74, 6) is 0.825. The molecular weight excluding hydrogens is 380 g/mol. The van der Waals surface area contributed by atoms with Crippen LogP contribution in [-0.2, 0) is 11.3 Å². The van der Waals surface area contributed by atoms with Gasteiger partial charge in [0.05, 0.1) is 36.8 Å². The molecule has 0 atom stereocenters. The van der Waals surface area contributed by atoms with Gasteiger partial charge in [-0.3, -0.25) is 14.5 Å². The molecule has 0 unspecified atom stereocenters. The maximum atomic E-state index is 12.5. The molecule has 0 spiro atoms. The summed E-state index contributed by atoms with van der Waals surface area (Å²) in [4.78, 5) is 33.9. The smallest absolute Gasteiger partial charge is 0.258 e. The first-order valence-electron chi connectivity index (χ1n) is 8.84. The molecule has 1 aromatic heterocycles. The topological polar surface area (TPSA) is 87.3 Å². The van der Waals surface area contributed by atoms with Crippen molar-refractivity contribution in [3.63, 3.8) is 0 Å². The fourth-order valence-corrected chi connectivity index (χ4v) is 3.04. The number of anilines is 1. The van der Waals surface area contributed by atoms with E-state index in [0.717, 1.165) is 0 Å². The van der Waals surface area contributed by atoms with E-state index < -0.39 is 0 Å². The van der Waals surface area contributed by atoms with E-state index >= 15 is 0 Å². The molecule has 0 aliphatic rings. The zero-order chi connectivity index (χ0) is 20.1. The van der Waals surface area contributed by atoms with Crippen molar-refractivity contribution in [1.82, 2.24) is 14.9 Å². The molecule has 7 nitrogen and oxygen atoms in total. The minimum Gasteiger partial charge on any atom is -0.495 e. The maximum absolute atomic E-state index is 12.5. The number of aromatic amines is 1. The van der Waals surface area contributed by atoms with Crippen molar-refractivity contribution < 1.29 is 9.53 Å². The van der Waals surface area contributed by atoms with E-state index in [2.05, 4.69) is 15.3 Å². The van der Waals surface area contributed by atoms with Crippen LogP contribution in [0.1, 0.15) is 12.7 Å². The molecule has 0 saturated heterocycles. The first-order valence-corrected chi connectivity index (χ1v) is 9.21. The summed E-state index contributed by atoms with van der Waals surface area (Å²) in [6, 6.07) is 12.2. The first-order chi connectivity index (χ1) is 13.5. The van der Waals surface area contributed by atoms with Gasteiger partial charge in [0.1, 0.15) is 11.6 Å². The number of halogens is 1. The van der Waals surface area contributed by atoms with Gasteiger partial charge >= 0.3 is 0 Å². The second-order valence-corrected chi connectivity index (χ2v) is 6.66. The molecule has 0 bridgehead atoms. The number of fused-ring (bicyclic) bond motifs is 1. The molecule has 0 fully saturated rings. The average Bonchev–Trinajstić information content (AvgIpc) is 2.67. The molecule has 28 heavy (non-hydrogen) atoms. The summed E-state index contributed by atoms with van der Waals surface area (Å²) >= 11 is 6.00. The fourth-order valence-electron chi connectivity index (χ4n) is 2.87. The number of nitrogens with zero attached hydrogens (tertiary/aromatic N) is 2. The average molecular weight is 401 g/mol. The Morgan fingerprint density at radius 1 is 1.29 bits per heavy atom. The highest BCUT2D eigenvalue weighted by atomic mass is 35.5. The van der Waals surface area contributed by atoms with Crippen LogP contribution in [0.4, 0.5) is 5.69 Å². The second kappa shape index (κ2) is 8.86. The van der Waals surface area contributed by atoms with Crippen LogP contribution in [0, 0.1) is 0 Å². The lowest BCUT2D eigenvalue weighted by Gasteiger charge is -2.20. The Morgan fingerprint density at radius 2 is 2.07 bits per heavy atom. The summed E-state index contributed by atoms with van der Waals surface area (Å²) in [5, 5.41) is 3.85. The van der Waals surface area contributed by atoms with E-state index in [9.17, 15) is 9.59 Å². The highest BCUT2D eigenvalue weighted by molar-refractivity contribution is 6.31. The van der Waals surface area contributed by atoms with Gasteiger partial charge in [0.25, 0.3) is 5.56 Å². The van der Waals surface area contributed by atoms with Gasteiger partial charge in [0, 0.05) is 5.02 Å². The molecule has 0 aliphatic carbocycles. The Kier molecular flexibility index (Phi) is 6.28. The molecule has 146 valence electrons. The number of hydrogen-bond donors (Lipinski definition) is 2. The molecule has 2 N–H and O–H groups in total. The summed E-state index contributed by atoms with van der Waals surface area (Å²) in [5.41, 5.74) is 0.948. The molecule has 3 rings (SSSR count). The zero-order valence-corrected chi connectivity index (χ0v) is 16.4. The van der Waals surface area contributed by atoms with Crippen LogP contribution in [0.2, 0.25) is 5.02 Å². The molecular formula is C20H21ClN4O3. The van der Waals surface area contributed by atoms with E-state index in [4.69, 9.17) is 16.3 Å². The number of ether oxygens (including phenoxy) is 1. The first kappa shape index (κ1) is 19.9. The van der Waals surface area contributed by atoms with Crippen molar-refractivity contribution in [3.8, 4) is 5.75 Å². The number of rotatable bonds is 7. The number of aromatic nitrogens is 2. The van der Waals surface area contributed by atoms with Crippen LogP contribution in [0.5, 0.6) is 5.75 Å². The maximum Gasteiger partial charge on any atom is 0.258 e. The van der Waals surface area contributed by atoms with Gasteiger partial charge in [-0.05, 0) is 36.9 Å². The lowest BCUT2D eigenvalue weighted by molar-refractivity contribution is -0.117. The van der Waals surface area contributed by atoms with E-state index in [1.54, 1.807) is 36.4 Å². The third kappa shape index (κ3) is 4.68. The summed E-state index contributed by atoms with van der Waals surface area (Å²) in [6.45, 7) is 3.02. The number of para-hydroxylation sites is 1. The Bertz CT molecular complexity index is 1050. The number of carbonyl (C=O) groups is 1. The number of hydrogen-bond acceptors (Lipinski definition) is 5. The van der Waals surface area contributed by atoms with Crippen molar-refractivity contribution in [1.29, 1.82) is 0 Å². The zero-order valence-electron chi connectivity index (χ0n) is 15.7. The van der Waals surface area contributed by atoms with Crippen molar-refractivity contribution >= 4 is 34.1 Å². The number of methoxy groups -OCH3 is 1. The molecule has 0 radical (unpaired) electrons. The van der Waals surface area contributed by atoms with Crippen LogP contribution in [0.25, 0.3) is 10.9 Å². The Balaban J connectivity index is 1.72. The van der Waals surface area contributed by atoms with Crippen molar-refractivity contribution in [2.75, 3.05) is 25.5 Å². The van der Waals surface area contributed by atoms with Gasteiger partial charge in [0.15, 0.2) is 0 Å². The van der Waals surface area contributed by atoms with E-state index in [1.807, 2.05) is 17.9 Å². The standard InChI is InChI=1S/C20H21ClN4O3/c1-3-25(11-18-22-15-7-5-4-6-14(15)20(27)24-18)12-19(26)23-16-10-13(21)8-9-17(16)28-2/h4-10H,3,11-12H2,1-2H3,(H,23,26)(H,22,24,27). The number of carbonyl (C=O) groups excluding carboxylic acids is 1. The lowest BCUT2D eigenvalue weighted by Crippen LogP contribution is -2.34. The summed E-state index contributed by atoms with van der Waals surface area (Å²) in [7, 11) is 1.53. The fraction of sp³-hybridized carbons (Fsp3) is 0.250.